The second-order valence-corrected chi connectivity index (χ2v) is 5.30. The van der Waals surface area contributed by atoms with Crippen LogP contribution in [0.2, 0.25) is 0 Å². The van der Waals surface area contributed by atoms with Crippen LogP contribution in [0.3, 0.4) is 0 Å². The van der Waals surface area contributed by atoms with Crippen molar-refractivity contribution in [1.82, 2.24) is 0 Å². The summed E-state index contributed by atoms with van der Waals surface area (Å²) in [5.74, 6) is 0. The van der Waals surface area contributed by atoms with Crippen molar-refractivity contribution < 1.29 is 0 Å². The van der Waals surface area contributed by atoms with Gasteiger partial charge in [-0.05, 0) is 34.4 Å². The highest BCUT2D eigenvalue weighted by Gasteiger charge is 2.35. The Morgan fingerprint density at radius 3 is 2.28 bits per heavy atom. The summed E-state index contributed by atoms with van der Waals surface area (Å²) in [6, 6.07) is 14.2. The number of nitrogens with zero attached hydrogens (tertiary/aromatic N) is 1. The molecule has 0 bridgehead atoms. The average Bonchev–Trinajstić information content (AvgIpc) is 2.58. The van der Waals surface area contributed by atoms with Crippen molar-refractivity contribution in [3.05, 3.63) is 53.1 Å². The van der Waals surface area contributed by atoms with Gasteiger partial charge >= 0.3 is 0 Å². The van der Waals surface area contributed by atoms with Crippen LogP contribution in [0.25, 0.3) is 11.1 Å². The van der Waals surface area contributed by atoms with E-state index in [1.54, 1.807) is 0 Å². The lowest BCUT2D eigenvalue weighted by Gasteiger charge is -2.21. The molecular weight excluding hydrogens is 217 g/mol. The molecule has 0 fully saturated rings. The van der Waals surface area contributed by atoms with Gasteiger partial charge in [0, 0.05) is 5.41 Å². The lowest BCUT2D eigenvalue weighted by Crippen LogP contribution is -2.17. The van der Waals surface area contributed by atoms with E-state index in [0.717, 1.165) is 5.46 Å². The first-order valence-corrected chi connectivity index (χ1v) is 5.99. The fraction of sp³-hybridized carbons (Fsp3) is 0.188. The monoisotopic (exact) mass is 229 g/mol. The van der Waals surface area contributed by atoms with Gasteiger partial charge in [-0.1, -0.05) is 43.6 Å². The molecule has 18 heavy (non-hydrogen) atoms. The summed E-state index contributed by atoms with van der Waals surface area (Å²) in [5.41, 5.74) is 6.31. The molecule has 0 heterocycles. The van der Waals surface area contributed by atoms with E-state index in [4.69, 9.17) is 13.1 Å². The maximum absolute atomic E-state index is 9.03. The van der Waals surface area contributed by atoms with E-state index < -0.39 is 0 Å². The van der Waals surface area contributed by atoms with Gasteiger partial charge in [0.2, 0.25) is 0 Å². The van der Waals surface area contributed by atoms with Crippen molar-refractivity contribution in [2.24, 2.45) is 0 Å². The fourth-order valence-corrected chi connectivity index (χ4v) is 2.82. The number of nitriles is 1. The highest BCUT2D eigenvalue weighted by Crippen LogP contribution is 2.48. The molecule has 1 aliphatic carbocycles. The Balaban J connectivity index is 2.35. The third-order valence-corrected chi connectivity index (χ3v) is 3.83. The number of rotatable bonds is 0. The minimum atomic E-state index is -0.0904. The largest absolute Gasteiger partial charge is 0.192 e. The number of fused-ring (bicyclic) bond motifs is 3. The van der Waals surface area contributed by atoms with Crippen LogP contribution in [0.4, 0.5) is 0 Å². The summed E-state index contributed by atoms with van der Waals surface area (Å²) < 4.78 is 0. The summed E-state index contributed by atoms with van der Waals surface area (Å²) >= 11 is 0. The molecule has 0 spiro atoms. The Bertz CT molecular complexity index is 693. The van der Waals surface area contributed by atoms with Crippen LogP contribution in [0.5, 0.6) is 0 Å². The van der Waals surface area contributed by atoms with Gasteiger partial charge in [-0.15, -0.1) is 0 Å². The van der Waals surface area contributed by atoms with Crippen LogP contribution in [0.1, 0.15) is 30.5 Å². The van der Waals surface area contributed by atoms with E-state index in [0.29, 0.717) is 5.56 Å². The predicted octanol–water partition coefficient (Wildman–Crippen LogP) is 2.66. The van der Waals surface area contributed by atoms with Crippen LogP contribution in [0.15, 0.2) is 36.4 Å². The molecule has 1 aliphatic rings. The summed E-state index contributed by atoms with van der Waals surface area (Å²) in [6.07, 6.45) is 0. The molecule has 0 saturated carbocycles. The Hall–Kier alpha value is -2.01. The molecule has 2 heteroatoms. The van der Waals surface area contributed by atoms with Gasteiger partial charge < -0.3 is 0 Å². The molecule has 0 atom stereocenters. The molecule has 84 valence electrons. The number of hydrogen-bond donors (Lipinski definition) is 0. The first-order chi connectivity index (χ1) is 8.54. The van der Waals surface area contributed by atoms with E-state index in [-0.39, 0.29) is 5.41 Å². The van der Waals surface area contributed by atoms with Crippen molar-refractivity contribution in [3.8, 4) is 17.2 Å². The van der Waals surface area contributed by atoms with E-state index in [1.165, 1.54) is 22.3 Å². The maximum Gasteiger partial charge on any atom is 0.113 e. The summed E-state index contributed by atoms with van der Waals surface area (Å²) in [4.78, 5) is 0. The molecule has 2 aromatic carbocycles. The zero-order valence-corrected chi connectivity index (χ0v) is 10.5. The summed E-state index contributed by atoms with van der Waals surface area (Å²) in [5, 5.41) is 9.03. The van der Waals surface area contributed by atoms with Crippen LogP contribution in [0, 0.1) is 11.3 Å². The Morgan fingerprint density at radius 1 is 1.00 bits per heavy atom. The van der Waals surface area contributed by atoms with Crippen LogP contribution in [-0.2, 0) is 5.41 Å². The smallest absolute Gasteiger partial charge is 0.113 e. The van der Waals surface area contributed by atoms with E-state index in [2.05, 4.69) is 26.0 Å². The van der Waals surface area contributed by atoms with Crippen LogP contribution in [-0.4, -0.2) is 7.85 Å². The Morgan fingerprint density at radius 2 is 1.61 bits per heavy atom. The van der Waals surface area contributed by atoms with E-state index in [9.17, 15) is 0 Å². The lowest BCUT2D eigenvalue weighted by atomic mass is 9.80. The van der Waals surface area contributed by atoms with Crippen LogP contribution < -0.4 is 5.46 Å². The van der Waals surface area contributed by atoms with E-state index in [1.807, 2.05) is 30.3 Å². The van der Waals surface area contributed by atoms with Gasteiger partial charge in [-0.2, -0.15) is 5.26 Å². The third-order valence-electron chi connectivity index (χ3n) is 3.83. The van der Waals surface area contributed by atoms with Crippen molar-refractivity contribution in [2.75, 3.05) is 0 Å². The van der Waals surface area contributed by atoms with Gasteiger partial charge in [0.05, 0.1) is 11.6 Å². The molecule has 0 aliphatic heterocycles. The zero-order chi connectivity index (χ0) is 12.9. The zero-order valence-electron chi connectivity index (χ0n) is 10.5. The molecule has 2 radical (unpaired) electrons. The fourth-order valence-electron chi connectivity index (χ4n) is 2.82. The molecule has 2 aromatic rings. The second-order valence-electron chi connectivity index (χ2n) is 5.30. The maximum atomic E-state index is 9.03. The van der Waals surface area contributed by atoms with Gasteiger partial charge in [-0.3, -0.25) is 0 Å². The Labute approximate surface area is 108 Å². The SMILES string of the molecule is [B]c1ccc2c(c1)C(C)(C)c1cc(C#N)ccc1-2. The molecule has 1 nitrogen and oxygen atoms in total. The third kappa shape index (κ3) is 1.34. The molecule has 0 unspecified atom stereocenters. The summed E-state index contributed by atoms with van der Waals surface area (Å²) in [6.45, 7) is 4.36. The molecule has 0 saturated heterocycles. The van der Waals surface area contributed by atoms with Gasteiger partial charge in [0.15, 0.2) is 0 Å². The van der Waals surface area contributed by atoms with Gasteiger partial charge in [0.1, 0.15) is 7.85 Å². The first-order valence-electron chi connectivity index (χ1n) is 5.99. The highest BCUT2D eigenvalue weighted by atomic mass is 14.4. The van der Waals surface area contributed by atoms with Crippen molar-refractivity contribution in [1.29, 1.82) is 5.26 Å². The molecule has 0 amide bonds. The van der Waals surface area contributed by atoms with E-state index >= 15 is 0 Å². The average molecular weight is 229 g/mol. The van der Waals surface area contributed by atoms with Crippen molar-refractivity contribution in [2.45, 2.75) is 19.3 Å². The van der Waals surface area contributed by atoms with Gasteiger partial charge in [-0.25, -0.2) is 0 Å². The normalized spacial score (nSPS) is 14.7. The highest BCUT2D eigenvalue weighted by molar-refractivity contribution is 6.32. The molecule has 3 rings (SSSR count). The topological polar surface area (TPSA) is 23.8 Å². The minimum absolute atomic E-state index is 0.0904. The molecular formula is C16H12BN. The Kier molecular flexibility index (Phi) is 2.16. The standard InChI is InChI=1S/C16H12BN/c1-16(2)14-7-10(9-18)3-5-12(14)13-6-4-11(17)8-15(13)16/h3-8H,1-2H3. The first kappa shape index (κ1) is 11.1. The number of benzene rings is 2. The van der Waals surface area contributed by atoms with Gasteiger partial charge in [0.25, 0.3) is 0 Å². The number of hydrogen-bond acceptors (Lipinski definition) is 1. The lowest BCUT2D eigenvalue weighted by molar-refractivity contribution is 0.660. The summed E-state index contributed by atoms with van der Waals surface area (Å²) in [7, 11) is 5.89. The predicted molar refractivity (Wildman–Crippen MR) is 74.1 cm³/mol. The molecule has 0 aromatic heterocycles. The van der Waals surface area contributed by atoms with Crippen LogP contribution >= 0.6 is 0 Å². The molecule has 0 N–H and O–H groups in total. The van der Waals surface area contributed by atoms with Crippen molar-refractivity contribution >= 4 is 13.3 Å². The quantitative estimate of drug-likeness (QED) is 0.637. The second kappa shape index (κ2) is 3.49. The van der Waals surface area contributed by atoms with Crippen molar-refractivity contribution in [3.63, 3.8) is 0 Å². The minimum Gasteiger partial charge on any atom is -0.192 e.